The molecule has 0 aliphatic carbocycles. The van der Waals surface area contributed by atoms with Crippen molar-refractivity contribution in [1.29, 1.82) is 0 Å². The smallest absolute Gasteiger partial charge is 0.245 e. The number of halogens is 1. The molecule has 2 fully saturated rings. The van der Waals surface area contributed by atoms with E-state index in [2.05, 4.69) is 9.88 Å². The Bertz CT molecular complexity index is 700. The fourth-order valence-electron chi connectivity index (χ4n) is 4.02. The third kappa shape index (κ3) is 4.47. The van der Waals surface area contributed by atoms with E-state index in [9.17, 15) is 19.1 Å². The number of β-amino-alcohol motifs (C(OH)–C–C–N with tert-alkyl or cyclic N) is 1. The number of hydrogen-bond acceptors (Lipinski definition) is 6. The van der Waals surface area contributed by atoms with Gasteiger partial charge in [0.25, 0.3) is 0 Å². The molecule has 27 heavy (non-hydrogen) atoms. The lowest BCUT2D eigenvalue weighted by molar-refractivity contribution is -0.142. The molecule has 4 atom stereocenters. The zero-order chi connectivity index (χ0) is 19.7. The number of rotatable bonds is 5. The topological polar surface area (TPSA) is 77.0 Å². The number of aryl methyl sites for hydroxylation is 1. The van der Waals surface area contributed by atoms with Crippen molar-refractivity contribution in [3.8, 4) is 0 Å². The monoisotopic (exact) mass is 398 g/mol. The second kappa shape index (κ2) is 8.20. The van der Waals surface area contributed by atoms with Crippen LogP contribution in [0.5, 0.6) is 0 Å². The molecule has 7 nitrogen and oxygen atoms in total. The van der Waals surface area contributed by atoms with E-state index in [0.717, 1.165) is 10.6 Å². The average molecular weight is 399 g/mol. The molecule has 1 aromatic heterocycles. The normalized spacial score (nSPS) is 28.7. The largest absolute Gasteiger partial charge is 0.391 e. The number of nitrogens with zero attached hydrogens (tertiary/aromatic N) is 4. The summed E-state index contributed by atoms with van der Waals surface area (Å²) in [5.74, 6) is -0.414. The van der Waals surface area contributed by atoms with E-state index >= 15 is 0 Å². The highest BCUT2D eigenvalue weighted by Crippen LogP contribution is 2.26. The summed E-state index contributed by atoms with van der Waals surface area (Å²) in [6.07, 6.45) is -0.945. The summed E-state index contributed by atoms with van der Waals surface area (Å²) in [7, 11) is 1.69. The second-order valence-electron chi connectivity index (χ2n) is 7.57. The lowest BCUT2D eigenvalue weighted by Crippen LogP contribution is -2.49. The molecule has 0 spiro atoms. The number of aromatic nitrogens is 1. The highest BCUT2D eigenvalue weighted by atomic mass is 32.1. The van der Waals surface area contributed by atoms with Gasteiger partial charge in [0.2, 0.25) is 11.8 Å². The van der Waals surface area contributed by atoms with Gasteiger partial charge in [0.1, 0.15) is 12.2 Å². The third-order valence-corrected chi connectivity index (χ3v) is 6.42. The van der Waals surface area contributed by atoms with Gasteiger partial charge in [-0.1, -0.05) is 0 Å². The molecule has 0 radical (unpaired) electrons. The molecule has 9 heteroatoms. The molecule has 0 unspecified atom stereocenters. The van der Waals surface area contributed by atoms with Gasteiger partial charge in [0, 0.05) is 57.5 Å². The fourth-order valence-corrected chi connectivity index (χ4v) is 4.83. The van der Waals surface area contributed by atoms with Crippen LogP contribution in [-0.4, -0.2) is 87.6 Å². The van der Waals surface area contributed by atoms with Crippen LogP contribution in [-0.2, 0) is 16.1 Å². The molecule has 1 aromatic rings. The minimum absolute atomic E-state index is 0.0763. The predicted molar refractivity (Wildman–Crippen MR) is 100.0 cm³/mol. The molecular weight excluding hydrogens is 371 g/mol. The van der Waals surface area contributed by atoms with E-state index in [1.165, 1.54) is 11.8 Å². The Kier molecular flexibility index (Phi) is 6.12. The van der Waals surface area contributed by atoms with E-state index in [1.54, 1.807) is 28.8 Å². The SMILES string of the molecule is CC(=O)N1C[C@H](O)C[C@@H]1C(=O)N(C)C[C@@H]1C[C@H](F)CN1Cc1scnc1C. The number of likely N-dealkylation sites (tertiary alicyclic amines) is 2. The summed E-state index contributed by atoms with van der Waals surface area (Å²) in [6.45, 7) is 4.92. The van der Waals surface area contributed by atoms with Gasteiger partial charge in [-0.2, -0.15) is 0 Å². The molecule has 2 amide bonds. The van der Waals surface area contributed by atoms with Gasteiger partial charge in [0.15, 0.2) is 0 Å². The number of amides is 2. The molecule has 3 rings (SSSR count). The van der Waals surface area contributed by atoms with E-state index in [4.69, 9.17) is 0 Å². The van der Waals surface area contributed by atoms with Crippen molar-refractivity contribution in [2.75, 3.05) is 26.7 Å². The molecule has 2 aliphatic heterocycles. The second-order valence-corrected chi connectivity index (χ2v) is 8.51. The molecule has 3 heterocycles. The van der Waals surface area contributed by atoms with Crippen LogP contribution in [0.1, 0.15) is 30.3 Å². The molecule has 0 aromatic carbocycles. The van der Waals surface area contributed by atoms with E-state index in [0.29, 0.717) is 26.1 Å². The lowest BCUT2D eigenvalue weighted by atomic mass is 10.1. The van der Waals surface area contributed by atoms with Crippen LogP contribution in [0.4, 0.5) is 4.39 Å². The number of carbonyl (C=O) groups excluding carboxylic acids is 2. The molecule has 2 aliphatic rings. The van der Waals surface area contributed by atoms with Crippen LogP contribution in [0, 0.1) is 6.92 Å². The Morgan fingerprint density at radius 1 is 1.41 bits per heavy atom. The van der Waals surface area contributed by atoms with Crippen LogP contribution in [0.2, 0.25) is 0 Å². The van der Waals surface area contributed by atoms with Crippen LogP contribution in [0.3, 0.4) is 0 Å². The predicted octanol–water partition coefficient (Wildman–Crippen LogP) is 0.804. The molecule has 1 N–H and O–H groups in total. The highest BCUT2D eigenvalue weighted by molar-refractivity contribution is 7.09. The van der Waals surface area contributed by atoms with Crippen molar-refractivity contribution in [2.24, 2.45) is 0 Å². The number of thiazole rings is 1. The van der Waals surface area contributed by atoms with Crippen LogP contribution >= 0.6 is 11.3 Å². The zero-order valence-electron chi connectivity index (χ0n) is 16.0. The van der Waals surface area contributed by atoms with Crippen LogP contribution < -0.4 is 0 Å². The van der Waals surface area contributed by atoms with Crippen LogP contribution in [0.25, 0.3) is 0 Å². The Labute approximate surface area is 162 Å². The fraction of sp³-hybridized carbons (Fsp3) is 0.722. The highest BCUT2D eigenvalue weighted by Gasteiger charge is 2.40. The van der Waals surface area contributed by atoms with Crippen LogP contribution in [0.15, 0.2) is 5.51 Å². The molecule has 150 valence electrons. The molecule has 0 bridgehead atoms. The van der Waals surface area contributed by atoms with Crippen molar-refractivity contribution < 1.29 is 19.1 Å². The van der Waals surface area contributed by atoms with Crippen molar-refractivity contribution >= 4 is 23.2 Å². The maximum Gasteiger partial charge on any atom is 0.245 e. The minimum atomic E-state index is -0.909. The summed E-state index contributed by atoms with van der Waals surface area (Å²) in [5, 5.41) is 9.85. The summed E-state index contributed by atoms with van der Waals surface area (Å²) >= 11 is 1.56. The zero-order valence-corrected chi connectivity index (χ0v) is 16.8. The Balaban J connectivity index is 1.64. The Morgan fingerprint density at radius 2 is 2.15 bits per heavy atom. The number of aliphatic hydroxyl groups is 1. The van der Waals surface area contributed by atoms with Gasteiger partial charge in [-0.25, -0.2) is 9.37 Å². The standard InChI is InChI=1S/C18H27FN4O3S/c1-11-17(27-10-20-11)9-22-6-13(19)4-14(22)7-21(3)18(26)16-5-15(25)8-23(16)12(2)24/h10,13-16,25H,4-9H2,1-3H3/t13-,14-,15+,16+/m0/s1. The number of hydrogen-bond donors (Lipinski definition) is 1. The first-order chi connectivity index (χ1) is 12.8. The summed E-state index contributed by atoms with van der Waals surface area (Å²) in [4.78, 5) is 35.1. The maximum atomic E-state index is 14.1. The first-order valence-electron chi connectivity index (χ1n) is 9.23. The molecule has 0 saturated carbocycles. The Hall–Kier alpha value is -1.58. The Morgan fingerprint density at radius 3 is 2.78 bits per heavy atom. The first-order valence-corrected chi connectivity index (χ1v) is 10.1. The van der Waals surface area contributed by atoms with Gasteiger partial charge in [-0.15, -0.1) is 11.3 Å². The van der Waals surface area contributed by atoms with Crippen molar-refractivity contribution in [1.82, 2.24) is 19.7 Å². The lowest BCUT2D eigenvalue weighted by Gasteiger charge is -2.31. The third-order valence-electron chi connectivity index (χ3n) is 5.50. The van der Waals surface area contributed by atoms with Gasteiger partial charge in [0.05, 0.1) is 17.3 Å². The van der Waals surface area contributed by atoms with Crippen molar-refractivity contribution in [3.63, 3.8) is 0 Å². The number of aliphatic hydroxyl groups excluding tert-OH is 1. The van der Waals surface area contributed by atoms with Crippen molar-refractivity contribution in [3.05, 3.63) is 16.1 Å². The quantitative estimate of drug-likeness (QED) is 0.794. The number of carbonyl (C=O) groups is 2. The first kappa shape index (κ1) is 20.2. The average Bonchev–Trinajstić information content (AvgIpc) is 3.27. The van der Waals surface area contributed by atoms with Crippen molar-refractivity contribution in [2.45, 2.75) is 57.6 Å². The molecule has 2 saturated heterocycles. The summed E-state index contributed by atoms with van der Waals surface area (Å²) in [6, 6.07) is -0.713. The molecular formula is C18H27FN4O3S. The van der Waals surface area contributed by atoms with E-state index < -0.39 is 18.3 Å². The van der Waals surface area contributed by atoms with Gasteiger partial charge >= 0.3 is 0 Å². The van der Waals surface area contributed by atoms with E-state index in [-0.39, 0.29) is 30.8 Å². The van der Waals surface area contributed by atoms with Gasteiger partial charge in [-0.05, 0) is 13.3 Å². The number of likely N-dealkylation sites (N-methyl/N-ethyl adjacent to an activating group) is 1. The van der Waals surface area contributed by atoms with Gasteiger partial charge in [-0.3, -0.25) is 14.5 Å². The summed E-state index contributed by atoms with van der Waals surface area (Å²) < 4.78 is 14.1. The van der Waals surface area contributed by atoms with Gasteiger partial charge < -0.3 is 14.9 Å². The number of alkyl halides is 1. The summed E-state index contributed by atoms with van der Waals surface area (Å²) in [5.41, 5.74) is 2.75. The maximum absolute atomic E-state index is 14.1. The van der Waals surface area contributed by atoms with E-state index in [1.807, 2.05) is 6.92 Å². The minimum Gasteiger partial charge on any atom is -0.391 e.